The summed E-state index contributed by atoms with van der Waals surface area (Å²) in [4.78, 5) is 2.70. The molecule has 2 aliphatic rings. The van der Waals surface area contributed by atoms with Gasteiger partial charge in [0.2, 0.25) is 5.89 Å². The van der Waals surface area contributed by atoms with Crippen LogP contribution in [0.5, 0.6) is 0 Å². The molecule has 24 heavy (non-hydrogen) atoms. The third-order valence-corrected chi connectivity index (χ3v) is 5.01. The van der Waals surface area contributed by atoms with Crippen molar-refractivity contribution in [3.05, 3.63) is 5.89 Å². The Hall–Kier alpha value is -0.560. The van der Waals surface area contributed by atoms with Crippen molar-refractivity contribution in [2.75, 3.05) is 25.0 Å². The minimum absolute atomic E-state index is 0. The van der Waals surface area contributed by atoms with Gasteiger partial charge in [-0.15, -0.1) is 29.9 Å². The largest absolute Gasteiger partial charge is 0.406 e. The molecule has 2 fully saturated rings. The third kappa shape index (κ3) is 5.48. The molecule has 1 aromatic rings. The van der Waals surface area contributed by atoms with Gasteiger partial charge in [-0.2, -0.15) is 0 Å². The number of hydrogen-bond acceptors (Lipinski definition) is 6. The number of nitrogens with two attached hydrogens (primary N) is 1. The first-order valence-electron chi connectivity index (χ1n) is 8.63. The van der Waals surface area contributed by atoms with Crippen LogP contribution in [0.1, 0.15) is 58.3 Å². The highest BCUT2D eigenvalue weighted by molar-refractivity contribution is 5.85. The molecule has 2 heterocycles. The molecule has 1 aliphatic heterocycles. The lowest BCUT2D eigenvalue weighted by molar-refractivity contribution is 0.137. The SMILES string of the molecule is CC(C)(N)c1nnc(NCC2CCN(C3CCCC3)CC2)o1.Cl.Cl. The number of likely N-dealkylation sites (tertiary alicyclic amines) is 1. The summed E-state index contributed by atoms with van der Waals surface area (Å²) < 4.78 is 5.57. The fourth-order valence-corrected chi connectivity index (χ4v) is 3.58. The molecular formula is C16H31Cl2N5O. The van der Waals surface area contributed by atoms with E-state index >= 15 is 0 Å². The Morgan fingerprint density at radius 3 is 2.29 bits per heavy atom. The lowest BCUT2D eigenvalue weighted by Crippen LogP contribution is -2.41. The number of rotatable bonds is 5. The monoisotopic (exact) mass is 379 g/mol. The van der Waals surface area contributed by atoms with E-state index in [9.17, 15) is 0 Å². The Balaban J connectivity index is 0.00000144. The molecule has 3 N–H and O–H groups in total. The van der Waals surface area contributed by atoms with Crippen LogP contribution >= 0.6 is 24.8 Å². The van der Waals surface area contributed by atoms with E-state index < -0.39 is 5.54 Å². The first-order chi connectivity index (χ1) is 10.5. The number of nitrogens with zero attached hydrogens (tertiary/aromatic N) is 3. The van der Waals surface area contributed by atoms with Crippen molar-refractivity contribution in [2.45, 2.75) is 64.0 Å². The van der Waals surface area contributed by atoms with Crippen LogP contribution < -0.4 is 11.1 Å². The summed E-state index contributed by atoms with van der Waals surface area (Å²) in [6.07, 6.45) is 8.16. The average Bonchev–Trinajstić information content (AvgIpc) is 3.16. The normalized spacial score (nSPS) is 20.5. The van der Waals surface area contributed by atoms with E-state index in [1.807, 2.05) is 13.8 Å². The Labute approximate surface area is 157 Å². The zero-order chi connectivity index (χ0) is 15.6. The highest BCUT2D eigenvalue weighted by Crippen LogP contribution is 2.28. The van der Waals surface area contributed by atoms with Crippen LogP contribution in [0.15, 0.2) is 4.42 Å². The molecule has 0 unspecified atom stereocenters. The first-order valence-corrected chi connectivity index (χ1v) is 8.63. The maximum absolute atomic E-state index is 5.95. The Morgan fingerprint density at radius 1 is 1.12 bits per heavy atom. The number of piperidine rings is 1. The fraction of sp³-hybridized carbons (Fsp3) is 0.875. The zero-order valence-corrected chi connectivity index (χ0v) is 16.3. The molecule has 0 amide bonds. The smallest absolute Gasteiger partial charge is 0.315 e. The summed E-state index contributed by atoms with van der Waals surface area (Å²) in [6, 6.07) is 1.35. The average molecular weight is 380 g/mol. The van der Waals surface area contributed by atoms with Crippen molar-refractivity contribution in [2.24, 2.45) is 11.7 Å². The highest BCUT2D eigenvalue weighted by atomic mass is 35.5. The van der Waals surface area contributed by atoms with Gasteiger partial charge < -0.3 is 20.4 Å². The van der Waals surface area contributed by atoms with Gasteiger partial charge in [0.15, 0.2) is 0 Å². The van der Waals surface area contributed by atoms with Crippen LogP contribution in [0.2, 0.25) is 0 Å². The molecule has 0 atom stereocenters. The molecule has 1 saturated carbocycles. The van der Waals surface area contributed by atoms with Crippen LogP contribution in [0.3, 0.4) is 0 Å². The third-order valence-electron chi connectivity index (χ3n) is 5.01. The molecule has 0 aromatic carbocycles. The van der Waals surface area contributed by atoms with Gasteiger partial charge in [-0.3, -0.25) is 0 Å². The minimum Gasteiger partial charge on any atom is -0.406 e. The van der Waals surface area contributed by atoms with E-state index in [-0.39, 0.29) is 24.8 Å². The van der Waals surface area contributed by atoms with Crippen LogP contribution in [0.25, 0.3) is 0 Å². The molecule has 1 saturated heterocycles. The number of nitrogens with one attached hydrogen (secondary N) is 1. The van der Waals surface area contributed by atoms with Crippen LogP contribution in [0.4, 0.5) is 6.01 Å². The maximum atomic E-state index is 5.95. The molecule has 0 bridgehead atoms. The summed E-state index contributed by atoms with van der Waals surface area (Å²) in [5, 5.41) is 11.3. The minimum atomic E-state index is -0.584. The van der Waals surface area contributed by atoms with Gasteiger partial charge in [-0.25, -0.2) is 0 Å². The van der Waals surface area contributed by atoms with Gasteiger partial charge in [0.25, 0.3) is 0 Å². The molecule has 0 radical (unpaired) electrons. The number of hydrogen-bond donors (Lipinski definition) is 2. The topological polar surface area (TPSA) is 80.2 Å². The predicted molar refractivity (Wildman–Crippen MR) is 101 cm³/mol. The van der Waals surface area contributed by atoms with Crippen LogP contribution in [-0.4, -0.2) is 40.8 Å². The molecule has 0 spiro atoms. The van der Waals surface area contributed by atoms with E-state index in [1.165, 1.54) is 51.6 Å². The van der Waals surface area contributed by atoms with E-state index in [1.54, 1.807) is 0 Å². The second kappa shape index (κ2) is 9.22. The number of aromatic nitrogens is 2. The second-order valence-corrected chi connectivity index (χ2v) is 7.43. The lowest BCUT2D eigenvalue weighted by Gasteiger charge is -2.35. The molecule has 1 aliphatic carbocycles. The first kappa shape index (κ1) is 21.5. The Morgan fingerprint density at radius 2 is 1.75 bits per heavy atom. The number of anilines is 1. The van der Waals surface area contributed by atoms with E-state index in [0.717, 1.165) is 12.6 Å². The van der Waals surface area contributed by atoms with Crippen molar-refractivity contribution in [3.8, 4) is 0 Å². The second-order valence-electron chi connectivity index (χ2n) is 7.43. The van der Waals surface area contributed by atoms with E-state index in [0.29, 0.717) is 17.8 Å². The summed E-state index contributed by atoms with van der Waals surface area (Å²) in [5.74, 6) is 1.17. The summed E-state index contributed by atoms with van der Waals surface area (Å²) in [6.45, 7) is 7.11. The predicted octanol–water partition coefficient (Wildman–Crippen LogP) is 3.17. The standard InChI is InChI=1S/C16H29N5O.2ClH/c1-16(2,17)14-19-20-15(22-14)18-11-12-7-9-21(10-8-12)13-5-3-4-6-13;;/h12-13H,3-11,17H2,1-2H3,(H,18,20);2*1H. The quantitative estimate of drug-likeness (QED) is 0.817. The van der Waals surface area contributed by atoms with Crippen molar-refractivity contribution < 1.29 is 4.42 Å². The summed E-state index contributed by atoms with van der Waals surface area (Å²) in [5.41, 5.74) is 5.37. The van der Waals surface area contributed by atoms with Gasteiger partial charge in [0.05, 0.1) is 5.54 Å². The lowest BCUT2D eigenvalue weighted by atomic mass is 9.95. The van der Waals surface area contributed by atoms with E-state index in [2.05, 4.69) is 20.4 Å². The highest BCUT2D eigenvalue weighted by Gasteiger charge is 2.27. The van der Waals surface area contributed by atoms with Gasteiger partial charge in [0.1, 0.15) is 0 Å². The van der Waals surface area contributed by atoms with Crippen molar-refractivity contribution >= 4 is 30.8 Å². The molecule has 1 aromatic heterocycles. The fourth-order valence-electron chi connectivity index (χ4n) is 3.58. The molecule has 6 nitrogen and oxygen atoms in total. The van der Waals surface area contributed by atoms with Crippen molar-refractivity contribution in [1.29, 1.82) is 0 Å². The van der Waals surface area contributed by atoms with Gasteiger partial charge in [-0.1, -0.05) is 17.9 Å². The summed E-state index contributed by atoms with van der Waals surface area (Å²) in [7, 11) is 0. The zero-order valence-electron chi connectivity index (χ0n) is 14.7. The molecule has 140 valence electrons. The molecule has 8 heteroatoms. The molecular weight excluding hydrogens is 349 g/mol. The van der Waals surface area contributed by atoms with Crippen LogP contribution in [-0.2, 0) is 5.54 Å². The van der Waals surface area contributed by atoms with Gasteiger partial charge in [-0.05, 0) is 58.5 Å². The van der Waals surface area contributed by atoms with Crippen molar-refractivity contribution in [3.63, 3.8) is 0 Å². The van der Waals surface area contributed by atoms with Gasteiger partial charge in [0, 0.05) is 12.6 Å². The van der Waals surface area contributed by atoms with Crippen molar-refractivity contribution in [1.82, 2.24) is 15.1 Å². The number of halogens is 2. The van der Waals surface area contributed by atoms with E-state index in [4.69, 9.17) is 10.2 Å². The summed E-state index contributed by atoms with van der Waals surface area (Å²) >= 11 is 0. The Kier molecular flexibility index (Phi) is 8.26. The van der Waals surface area contributed by atoms with Gasteiger partial charge >= 0.3 is 6.01 Å². The van der Waals surface area contributed by atoms with Crippen LogP contribution in [0, 0.1) is 5.92 Å². The molecule has 3 rings (SSSR count). The Bertz CT molecular complexity index is 477. The maximum Gasteiger partial charge on any atom is 0.315 e.